The molecule has 4 N–H and O–H groups in total. The molecular formula is C13H17N5O5. The average Bonchev–Trinajstić information content (AvgIpc) is 2.74. The lowest BCUT2D eigenvalue weighted by molar-refractivity contribution is -0.130. The Morgan fingerprint density at radius 3 is 2.70 bits per heavy atom. The highest BCUT2D eigenvalue weighted by atomic mass is 16.2. The first-order valence-corrected chi connectivity index (χ1v) is 7.11. The number of amides is 4. The summed E-state index contributed by atoms with van der Waals surface area (Å²) in [6.07, 6.45) is 1.62. The van der Waals surface area contributed by atoms with Crippen molar-refractivity contribution in [3.05, 3.63) is 32.6 Å². The van der Waals surface area contributed by atoms with Crippen molar-refractivity contribution in [1.29, 1.82) is 0 Å². The summed E-state index contributed by atoms with van der Waals surface area (Å²) in [5.41, 5.74) is -1.07. The number of rotatable bonds is 6. The van der Waals surface area contributed by atoms with E-state index in [1.807, 2.05) is 11.9 Å². The number of H-pyrrole nitrogens is 2. The molecule has 0 radical (unpaired) electrons. The van der Waals surface area contributed by atoms with Crippen LogP contribution in [-0.2, 0) is 16.1 Å². The van der Waals surface area contributed by atoms with Gasteiger partial charge in [-0.25, -0.2) is 9.59 Å². The van der Waals surface area contributed by atoms with Crippen LogP contribution in [0.1, 0.15) is 25.3 Å². The van der Waals surface area contributed by atoms with Crippen LogP contribution in [0.2, 0.25) is 0 Å². The predicted molar refractivity (Wildman–Crippen MR) is 78.5 cm³/mol. The van der Waals surface area contributed by atoms with Crippen LogP contribution in [0.5, 0.6) is 0 Å². The molecule has 23 heavy (non-hydrogen) atoms. The van der Waals surface area contributed by atoms with E-state index in [1.165, 1.54) is 6.20 Å². The number of aromatic nitrogens is 2. The van der Waals surface area contributed by atoms with Crippen molar-refractivity contribution in [2.75, 3.05) is 6.54 Å². The van der Waals surface area contributed by atoms with Crippen LogP contribution in [0.3, 0.4) is 0 Å². The molecule has 1 atom stereocenters. The fourth-order valence-electron chi connectivity index (χ4n) is 2.17. The number of imide groups is 1. The van der Waals surface area contributed by atoms with E-state index in [1.54, 1.807) is 0 Å². The van der Waals surface area contributed by atoms with E-state index >= 15 is 0 Å². The Morgan fingerprint density at radius 1 is 1.30 bits per heavy atom. The van der Waals surface area contributed by atoms with Crippen molar-refractivity contribution < 1.29 is 14.4 Å². The summed E-state index contributed by atoms with van der Waals surface area (Å²) in [6, 6.07) is -1.41. The van der Waals surface area contributed by atoms with E-state index < -0.39 is 35.1 Å². The largest absolute Gasteiger partial charge is 0.352 e. The summed E-state index contributed by atoms with van der Waals surface area (Å²) in [4.78, 5) is 63.2. The first kappa shape index (κ1) is 16.5. The number of carbonyl (C=O) groups excluding carboxylic acids is 3. The lowest BCUT2D eigenvalue weighted by Gasteiger charge is -2.11. The van der Waals surface area contributed by atoms with Crippen LogP contribution in [0.15, 0.2) is 15.8 Å². The molecule has 1 aromatic rings. The van der Waals surface area contributed by atoms with Crippen LogP contribution in [0, 0.1) is 0 Å². The molecule has 1 saturated heterocycles. The van der Waals surface area contributed by atoms with Gasteiger partial charge in [0.15, 0.2) is 0 Å². The molecule has 0 unspecified atom stereocenters. The molecule has 2 rings (SSSR count). The highest BCUT2D eigenvalue weighted by molar-refractivity contribution is 6.05. The van der Waals surface area contributed by atoms with Gasteiger partial charge >= 0.3 is 11.7 Å². The lowest BCUT2D eigenvalue weighted by Crippen LogP contribution is -2.37. The Balaban J connectivity index is 1.90. The zero-order chi connectivity index (χ0) is 17.0. The van der Waals surface area contributed by atoms with Gasteiger partial charge in [-0.15, -0.1) is 0 Å². The Morgan fingerprint density at radius 2 is 2.04 bits per heavy atom. The monoisotopic (exact) mass is 323 g/mol. The summed E-state index contributed by atoms with van der Waals surface area (Å²) in [6.45, 7) is 2.04. The Kier molecular flexibility index (Phi) is 4.94. The number of urea groups is 1. The van der Waals surface area contributed by atoms with E-state index in [-0.39, 0.29) is 18.5 Å². The van der Waals surface area contributed by atoms with Crippen LogP contribution >= 0.6 is 0 Å². The molecule has 124 valence electrons. The van der Waals surface area contributed by atoms with E-state index in [4.69, 9.17) is 0 Å². The van der Waals surface area contributed by atoms with Crippen LogP contribution in [0.25, 0.3) is 0 Å². The standard InChI is InChI=1S/C13H17N5O5/c1-2-3-18-11(21)8(16-13(18)23)4-9(19)14-5-7-6-15-12(22)17-10(7)20/h6,8H,2-5H2,1H3,(H,14,19)(H,16,23)(H2,15,17,20,22)/t8-/m1/s1. The smallest absolute Gasteiger partial charge is 0.325 e. The molecule has 0 bridgehead atoms. The molecule has 0 spiro atoms. The number of aromatic amines is 2. The lowest BCUT2D eigenvalue weighted by atomic mass is 10.2. The van der Waals surface area contributed by atoms with Gasteiger partial charge < -0.3 is 15.6 Å². The molecule has 10 nitrogen and oxygen atoms in total. The topological polar surface area (TPSA) is 144 Å². The van der Waals surface area contributed by atoms with Gasteiger partial charge in [-0.3, -0.25) is 24.3 Å². The Bertz CT molecular complexity index is 737. The number of nitrogens with one attached hydrogen (secondary N) is 4. The second-order valence-corrected chi connectivity index (χ2v) is 5.07. The summed E-state index contributed by atoms with van der Waals surface area (Å²) in [5, 5.41) is 4.91. The van der Waals surface area contributed by atoms with Gasteiger partial charge in [-0.05, 0) is 6.42 Å². The van der Waals surface area contributed by atoms with Crippen molar-refractivity contribution >= 4 is 17.8 Å². The molecule has 1 fully saturated rings. The number of nitrogens with zero attached hydrogens (tertiary/aromatic N) is 1. The van der Waals surface area contributed by atoms with Gasteiger partial charge in [-0.1, -0.05) is 6.92 Å². The number of hydrogen-bond donors (Lipinski definition) is 4. The van der Waals surface area contributed by atoms with Gasteiger partial charge in [-0.2, -0.15) is 0 Å². The third-order valence-corrected chi connectivity index (χ3v) is 3.32. The van der Waals surface area contributed by atoms with Gasteiger partial charge in [0.2, 0.25) is 5.91 Å². The first-order chi connectivity index (χ1) is 10.9. The second kappa shape index (κ2) is 6.90. The van der Waals surface area contributed by atoms with Crippen molar-refractivity contribution in [2.24, 2.45) is 0 Å². The third-order valence-electron chi connectivity index (χ3n) is 3.32. The van der Waals surface area contributed by atoms with E-state index in [0.717, 1.165) is 4.90 Å². The SMILES string of the molecule is CCCN1C(=O)N[C@H](CC(=O)NCc2c[nH]c(=O)[nH]c2=O)C1=O. The maximum atomic E-state index is 12.0. The molecule has 1 aliphatic heterocycles. The summed E-state index contributed by atoms with van der Waals surface area (Å²) >= 11 is 0. The molecule has 0 aromatic carbocycles. The summed E-state index contributed by atoms with van der Waals surface area (Å²) in [7, 11) is 0. The fraction of sp³-hybridized carbons (Fsp3) is 0.462. The first-order valence-electron chi connectivity index (χ1n) is 7.11. The maximum absolute atomic E-state index is 12.0. The molecule has 0 aliphatic carbocycles. The second-order valence-electron chi connectivity index (χ2n) is 5.07. The van der Waals surface area contributed by atoms with Crippen LogP contribution in [-0.4, -0.2) is 45.3 Å². The van der Waals surface area contributed by atoms with Crippen LogP contribution < -0.4 is 21.9 Å². The van der Waals surface area contributed by atoms with Crippen molar-refractivity contribution in [1.82, 2.24) is 25.5 Å². The number of carbonyl (C=O) groups is 3. The normalized spacial score (nSPS) is 17.3. The Hall–Kier alpha value is -2.91. The summed E-state index contributed by atoms with van der Waals surface area (Å²) < 4.78 is 0. The minimum atomic E-state index is -0.900. The fourth-order valence-corrected chi connectivity index (χ4v) is 2.17. The quantitative estimate of drug-likeness (QED) is 0.466. The van der Waals surface area contributed by atoms with Gasteiger partial charge in [0, 0.05) is 19.3 Å². The highest BCUT2D eigenvalue weighted by Crippen LogP contribution is 2.09. The zero-order valence-electron chi connectivity index (χ0n) is 12.5. The van der Waals surface area contributed by atoms with Crippen molar-refractivity contribution in [2.45, 2.75) is 32.4 Å². The van der Waals surface area contributed by atoms with E-state index in [0.29, 0.717) is 13.0 Å². The van der Waals surface area contributed by atoms with Gasteiger partial charge in [0.25, 0.3) is 11.5 Å². The highest BCUT2D eigenvalue weighted by Gasteiger charge is 2.38. The predicted octanol–water partition coefficient (Wildman–Crippen LogP) is -1.60. The molecule has 4 amide bonds. The van der Waals surface area contributed by atoms with E-state index in [9.17, 15) is 24.0 Å². The minimum absolute atomic E-state index is 0.0987. The molecule has 2 heterocycles. The molecule has 0 saturated carbocycles. The third kappa shape index (κ3) is 3.84. The average molecular weight is 323 g/mol. The van der Waals surface area contributed by atoms with Crippen molar-refractivity contribution in [3.8, 4) is 0 Å². The maximum Gasteiger partial charge on any atom is 0.325 e. The Labute approximate surface area is 130 Å². The van der Waals surface area contributed by atoms with E-state index in [2.05, 4.69) is 15.6 Å². The minimum Gasteiger partial charge on any atom is -0.352 e. The molecule has 10 heteroatoms. The molecule has 1 aromatic heterocycles. The van der Waals surface area contributed by atoms with Crippen LogP contribution in [0.4, 0.5) is 4.79 Å². The van der Waals surface area contributed by atoms with Crippen molar-refractivity contribution in [3.63, 3.8) is 0 Å². The van der Waals surface area contributed by atoms with Gasteiger partial charge in [0.05, 0.1) is 12.0 Å². The van der Waals surface area contributed by atoms with Gasteiger partial charge in [0.1, 0.15) is 6.04 Å². The number of hydrogen-bond acceptors (Lipinski definition) is 5. The summed E-state index contributed by atoms with van der Waals surface area (Å²) in [5.74, 6) is -0.929. The zero-order valence-corrected chi connectivity index (χ0v) is 12.5. The molecule has 1 aliphatic rings. The molecular weight excluding hydrogens is 306 g/mol.